The van der Waals surface area contributed by atoms with Crippen molar-refractivity contribution >= 4 is 50.3 Å². The average Bonchev–Trinajstić information content (AvgIpc) is 3.02. The third kappa shape index (κ3) is 4.55. The molecule has 1 N–H and O–H groups in total. The van der Waals surface area contributed by atoms with E-state index in [1.807, 2.05) is 18.2 Å². The molecule has 3 rings (SSSR count). The van der Waals surface area contributed by atoms with Crippen molar-refractivity contribution in [3.05, 3.63) is 48.2 Å². The monoisotopic (exact) mass is 373 g/mol. The Labute approximate surface area is 152 Å². The second-order valence-electron chi connectivity index (χ2n) is 4.93. The highest BCUT2D eigenvalue weighted by Crippen LogP contribution is 2.27. The molecular formula is C17H15N3O3S2. The number of rotatable bonds is 6. The van der Waals surface area contributed by atoms with E-state index in [1.54, 1.807) is 31.3 Å². The number of hydrogen-bond acceptors (Lipinski definition) is 7. The molecule has 25 heavy (non-hydrogen) atoms. The van der Waals surface area contributed by atoms with Gasteiger partial charge in [-0.15, -0.1) is 0 Å². The number of aromatic nitrogens is 2. The molecule has 0 unspecified atom stereocenters. The van der Waals surface area contributed by atoms with Crippen molar-refractivity contribution in [2.75, 3.05) is 17.7 Å². The minimum atomic E-state index is -0.366. The number of nitrogens with zero attached hydrogens (tertiary/aromatic N) is 2. The maximum Gasteiger partial charge on any atom is 0.338 e. The van der Waals surface area contributed by atoms with Crippen LogP contribution >= 0.6 is 23.1 Å². The summed E-state index contributed by atoms with van der Waals surface area (Å²) in [6, 6.07) is 10.7. The summed E-state index contributed by atoms with van der Waals surface area (Å²) in [5.41, 5.74) is 1.20. The first-order chi connectivity index (χ1) is 12.2. The molecule has 128 valence electrons. The molecule has 0 bridgehead atoms. The van der Waals surface area contributed by atoms with Crippen LogP contribution < -0.4 is 5.32 Å². The van der Waals surface area contributed by atoms with Crippen LogP contribution in [0.4, 0.5) is 5.13 Å². The van der Waals surface area contributed by atoms with E-state index in [9.17, 15) is 9.59 Å². The van der Waals surface area contributed by atoms with Gasteiger partial charge < -0.3 is 10.1 Å². The molecule has 1 amide bonds. The van der Waals surface area contributed by atoms with Gasteiger partial charge in [-0.3, -0.25) is 4.79 Å². The number of benzene rings is 1. The first-order valence-electron chi connectivity index (χ1n) is 7.57. The van der Waals surface area contributed by atoms with Crippen LogP contribution in [0.1, 0.15) is 17.3 Å². The molecule has 0 aliphatic heterocycles. The first-order valence-corrected chi connectivity index (χ1v) is 9.37. The van der Waals surface area contributed by atoms with Crippen molar-refractivity contribution in [2.45, 2.75) is 11.9 Å². The number of hydrogen-bond donors (Lipinski definition) is 1. The predicted molar refractivity (Wildman–Crippen MR) is 99.2 cm³/mol. The van der Waals surface area contributed by atoms with Crippen LogP contribution in [-0.2, 0) is 9.53 Å². The molecule has 3 aromatic rings. The molecule has 0 aliphatic carbocycles. The third-order valence-electron chi connectivity index (χ3n) is 3.13. The number of esters is 1. The zero-order valence-electron chi connectivity index (χ0n) is 13.4. The maximum absolute atomic E-state index is 12.1. The Hall–Kier alpha value is -2.45. The van der Waals surface area contributed by atoms with E-state index >= 15 is 0 Å². The van der Waals surface area contributed by atoms with Crippen LogP contribution in [-0.4, -0.2) is 34.2 Å². The van der Waals surface area contributed by atoms with Gasteiger partial charge in [-0.25, -0.2) is 14.8 Å². The van der Waals surface area contributed by atoms with E-state index in [0.717, 1.165) is 15.2 Å². The second-order valence-corrected chi connectivity index (χ2v) is 6.95. The van der Waals surface area contributed by atoms with Gasteiger partial charge in [0, 0.05) is 6.20 Å². The van der Waals surface area contributed by atoms with E-state index < -0.39 is 0 Å². The number of thiazole rings is 1. The number of thioether (sulfide) groups is 1. The minimum Gasteiger partial charge on any atom is -0.462 e. The normalized spacial score (nSPS) is 10.6. The maximum atomic E-state index is 12.1. The minimum absolute atomic E-state index is 0.152. The van der Waals surface area contributed by atoms with Gasteiger partial charge in [0.05, 0.1) is 33.2 Å². The van der Waals surface area contributed by atoms with Crippen molar-refractivity contribution in [1.29, 1.82) is 0 Å². The molecule has 8 heteroatoms. The van der Waals surface area contributed by atoms with Crippen LogP contribution in [0.5, 0.6) is 0 Å². The van der Waals surface area contributed by atoms with Gasteiger partial charge in [-0.2, -0.15) is 0 Å². The van der Waals surface area contributed by atoms with Crippen molar-refractivity contribution in [3.8, 4) is 0 Å². The highest BCUT2D eigenvalue weighted by atomic mass is 32.2. The molecule has 0 aliphatic rings. The molecular weight excluding hydrogens is 358 g/mol. The molecule has 0 atom stereocenters. The molecule has 0 saturated heterocycles. The largest absolute Gasteiger partial charge is 0.462 e. The highest BCUT2D eigenvalue weighted by Gasteiger charge is 2.12. The average molecular weight is 373 g/mol. The van der Waals surface area contributed by atoms with Gasteiger partial charge in [-0.1, -0.05) is 29.2 Å². The lowest BCUT2D eigenvalue weighted by molar-refractivity contribution is -0.113. The van der Waals surface area contributed by atoms with Crippen LogP contribution in [0.3, 0.4) is 0 Å². The lowest BCUT2D eigenvalue weighted by Gasteiger charge is -2.00. The third-order valence-corrected chi connectivity index (χ3v) is 5.01. The standard InChI is InChI=1S/C17H15N3O3S2/c1-2-23-16(22)11-6-7-12-13(9-11)25-17(19-12)20-14(21)10-24-15-5-3-4-8-18-15/h3-9H,2,10H2,1H3,(H,19,20,21). The van der Waals surface area contributed by atoms with E-state index in [-0.39, 0.29) is 17.6 Å². The predicted octanol–water partition coefficient (Wildman–Crippen LogP) is 3.60. The molecule has 2 heterocycles. The van der Waals surface area contributed by atoms with Gasteiger partial charge in [0.15, 0.2) is 5.13 Å². The van der Waals surface area contributed by atoms with E-state index in [4.69, 9.17) is 4.74 Å². The van der Waals surface area contributed by atoms with Crippen LogP contribution in [0.25, 0.3) is 10.2 Å². The summed E-state index contributed by atoms with van der Waals surface area (Å²) < 4.78 is 5.81. The van der Waals surface area contributed by atoms with Gasteiger partial charge in [0.2, 0.25) is 5.91 Å². The molecule has 0 saturated carbocycles. The lowest BCUT2D eigenvalue weighted by atomic mass is 10.2. The van der Waals surface area contributed by atoms with Crippen molar-refractivity contribution in [2.24, 2.45) is 0 Å². The fraction of sp³-hybridized carbons (Fsp3) is 0.176. The zero-order valence-corrected chi connectivity index (χ0v) is 15.0. The Kier molecular flexibility index (Phi) is 5.62. The van der Waals surface area contributed by atoms with Gasteiger partial charge >= 0.3 is 5.97 Å². The lowest BCUT2D eigenvalue weighted by Crippen LogP contribution is -2.13. The van der Waals surface area contributed by atoms with Gasteiger partial charge in [0.1, 0.15) is 0 Å². The second kappa shape index (κ2) is 8.09. The van der Waals surface area contributed by atoms with Crippen LogP contribution in [0, 0.1) is 0 Å². The summed E-state index contributed by atoms with van der Waals surface area (Å²) >= 11 is 2.68. The Bertz CT molecular complexity index is 897. The molecule has 0 fully saturated rings. The Balaban J connectivity index is 1.65. The SMILES string of the molecule is CCOC(=O)c1ccc2nc(NC(=O)CSc3ccccn3)sc2c1. The number of amides is 1. The molecule has 6 nitrogen and oxygen atoms in total. The summed E-state index contributed by atoms with van der Waals surface area (Å²) in [6.45, 7) is 2.09. The van der Waals surface area contributed by atoms with Crippen LogP contribution in [0.2, 0.25) is 0 Å². The number of pyridine rings is 1. The van der Waals surface area contributed by atoms with Crippen molar-refractivity contribution < 1.29 is 14.3 Å². The number of ether oxygens (including phenoxy) is 1. The summed E-state index contributed by atoms with van der Waals surface area (Å²) in [6.07, 6.45) is 1.69. The van der Waals surface area contributed by atoms with Crippen molar-refractivity contribution in [1.82, 2.24) is 9.97 Å². The summed E-state index contributed by atoms with van der Waals surface area (Å²) in [5.74, 6) is -0.267. The summed E-state index contributed by atoms with van der Waals surface area (Å²) in [4.78, 5) is 32.4. The van der Waals surface area contributed by atoms with Crippen molar-refractivity contribution in [3.63, 3.8) is 0 Å². The fourth-order valence-corrected chi connectivity index (χ4v) is 3.63. The molecule has 0 radical (unpaired) electrons. The van der Waals surface area contributed by atoms with Gasteiger partial charge in [0.25, 0.3) is 0 Å². The van der Waals surface area contributed by atoms with E-state index in [1.165, 1.54) is 23.1 Å². The smallest absolute Gasteiger partial charge is 0.338 e. The topological polar surface area (TPSA) is 81.2 Å². The molecule has 0 spiro atoms. The Morgan fingerprint density at radius 2 is 2.16 bits per heavy atom. The summed E-state index contributed by atoms with van der Waals surface area (Å²) in [7, 11) is 0. The fourth-order valence-electron chi connectivity index (χ4n) is 2.05. The first kappa shape index (κ1) is 17.4. The summed E-state index contributed by atoms with van der Waals surface area (Å²) in [5, 5.41) is 4.07. The zero-order chi connectivity index (χ0) is 17.6. The molecule has 1 aromatic carbocycles. The van der Waals surface area contributed by atoms with Gasteiger partial charge in [-0.05, 0) is 37.3 Å². The number of anilines is 1. The number of fused-ring (bicyclic) bond motifs is 1. The van der Waals surface area contributed by atoms with E-state index in [0.29, 0.717) is 17.3 Å². The molecule has 2 aromatic heterocycles. The van der Waals surface area contributed by atoms with Crippen LogP contribution in [0.15, 0.2) is 47.6 Å². The number of carbonyl (C=O) groups is 2. The number of nitrogens with one attached hydrogen (secondary N) is 1. The Morgan fingerprint density at radius 1 is 1.28 bits per heavy atom. The highest BCUT2D eigenvalue weighted by molar-refractivity contribution is 7.99. The number of carbonyl (C=O) groups excluding carboxylic acids is 2. The quantitative estimate of drug-likeness (QED) is 0.525. The van der Waals surface area contributed by atoms with E-state index in [2.05, 4.69) is 15.3 Å². The Morgan fingerprint density at radius 3 is 2.92 bits per heavy atom.